The number of nitrogens with zero attached hydrogens (tertiary/aromatic N) is 1. The van der Waals surface area contributed by atoms with Crippen LogP contribution in [0.2, 0.25) is 0 Å². The Hall–Kier alpha value is -3.63. The van der Waals surface area contributed by atoms with Crippen LogP contribution in [0, 0.1) is 12.8 Å². The number of hydrogen-bond donors (Lipinski definition) is 2. The summed E-state index contributed by atoms with van der Waals surface area (Å²) in [5.74, 6) is -0.192. The minimum Gasteiger partial charge on any atom is -0.486 e. The van der Waals surface area contributed by atoms with Crippen LogP contribution in [-0.4, -0.2) is 37.6 Å². The molecule has 2 aromatic carbocycles. The molecule has 0 saturated carbocycles. The van der Waals surface area contributed by atoms with Crippen LogP contribution in [0.15, 0.2) is 76.0 Å². The van der Waals surface area contributed by atoms with Crippen molar-refractivity contribution >= 4 is 21.8 Å². The summed E-state index contributed by atoms with van der Waals surface area (Å²) in [6.07, 6.45) is 0.711. The van der Waals surface area contributed by atoms with Crippen LogP contribution in [0.4, 0.5) is 0 Å². The third-order valence-corrected chi connectivity index (χ3v) is 7.71. The van der Waals surface area contributed by atoms with Gasteiger partial charge in [0.15, 0.2) is 5.76 Å². The fourth-order valence-electron chi connectivity index (χ4n) is 3.75. The van der Waals surface area contributed by atoms with Gasteiger partial charge in [0, 0.05) is 19.0 Å². The van der Waals surface area contributed by atoms with E-state index in [2.05, 4.69) is 10.9 Å². The zero-order chi connectivity index (χ0) is 24.8. The first-order valence-corrected chi connectivity index (χ1v) is 12.7. The molecule has 0 spiro atoms. The fraction of sp³-hybridized carbons (Fsp3) is 0.280. The van der Waals surface area contributed by atoms with Gasteiger partial charge in [-0.2, -0.15) is 4.31 Å². The van der Waals surface area contributed by atoms with E-state index < -0.39 is 21.8 Å². The lowest BCUT2D eigenvalue weighted by molar-refractivity contribution is -0.126. The molecular weight excluding hydrogens is 470 g/mol. The van der Waals surface area contributed by atoms with Gasteiger partial charge < -0.3 is 9.15 Å². The molecule has 2 N–H and O–H groups in total. The molecule has 1 aliphatic rings. The number of amides is 2. The predicted octanol–water partition coefficient (Wildman–Crippen LogP) is 3.03. The number of para-hydroxylation sites is 1. The summed E-state index contributed by atoms with van der Waals surface area (Å²) >= 11 is 0. The molecule has 0 radical (unpaired) electrons. The SMILES string of the molecule is Cc1ccc(S(=O)(=O)N2CCC(C(=O)NNC(=O)c3ccc(COc4ccccc4)o3)CC2)cc1. The van der Waals surface area contributed by atoms with Crippen molar-refractivity contribution in [3.8, 4) is 5.75 Å². The Morgan fingerprint density at radius 2 is 1.66 bits per heavy atom. The molecule has 4 rings (SSSR count). The van der Waals surface area contributed by atoms with Crippen LogP contribution >= 0.6 is 0 Å². The lowest BCUT2D eigenvalue weighted by Gasteiger charge is -2.30. The second-order valence-corrected chi connectivity index (χ2v) is 10.2. The lowest BCUT2D eigenvalue weighted by atomic mass is 9.98. The molecule has 0 aliphatic carbocycles. The van der Waals surface area contributed by atoms with Crippen LogP contribution in [0.5, 0.6) is 5.75 Å². The highest BCUT2D eigenvalue weighted by molar-refractivity contribution is 7.89. The van der Waals surface area contributed by atoms with Crippen molar-refractivity contribution in [3.63, 3.8) is 0 Å². The van der Waals surface area contributed by atoms with E-state index in [1.54, 1.807) is 30.3 Å². The molecule has 3 aromatic rings. The van der Waals surface area contributed by atoms with Gasteiger partial charge in [-0.15, -0.1) is 0 Å². The Labute approximate surface area is 204 Å². The summed E-state index contributed by atoms with van der Waals surface area (Å²) in [5.41, 5.74) is 5.74. The highest BCUT2D eigenvalue weighted by Gasteiger charge is 2.32. The maximum atomic E-state index is 12.8. The fourth-order valence-corrected chi connectivity index (χ4v) is 5.22. The highest BCUT2D eigenvalue weighted by atomic mass is 32.2. The number of hydrogen-bond acceptors (Lipinski definition) is 6. The van der Waals surface area contributed by atoms with Gasteiger partial charge in [0.25, 0.3) is 0 Å². The average Bonchev–Trinajstić information content (AvgIpc) is 3.36. The summed E-state index contributed by atoms with van der Waals surface area (Å²) in [4.78, 5) is 25.1. The molecule has 0 bridgehead atoms. The van der Waals surface area contributed by atoms with E-state index in [1.165, 1.54) is 10.4 Å². The largest absolute Gasteiger partial charge is 0.486 e. The van der Waals surface area contributed by atoms with E-state index in [1.807, 2.05) is 37.3 Å². The van der Waals surface area contributed by atoms with Crippen molar-refractivity contribution < 1.29 is 27.2 Å². The molecule has 10 heteroatoms. The number of carbonyl (C=O) groups is 2. The molecule has 1 saturated heterocycles. The topological polar surface area (TPSA) is 118 Å². The molecular formula is C25H27N3O6S. The number of sulfonamides is 1. The number of furan rings is 1. The molecule has 2 amide bonds. The molecule has 1 aromatic heterocycles. The van der Waals surface area contributed by atoms with Crippen LogP contribution in [0.25, 0.3) is 0 Å². The summed E-state index contributed by atoms with van der Waals surface area (Å²) in [6, 6.07) is 19.0. The normalized spacial score (nSPS) is 14.9. The van der Waals surface area contributed by atoms with Crippen molar-refractivity contribution in [3.05, 3.63) is 83.8 Å². The first-order valence-electron chi connectivity index (χ1n) is 11.3. The van der Waals surface area contributed by atoms with Crippen LogP contribution in [0.3, 0.4) is 0 Å². The standard InChI is InChI=1S/C25H27N3O6S/c1-18-7-10-22(11-8-18)35(31,32)28-15-13-19(14-16-28)24(29)26-27-25(30)23-12-9-21(34-23)17-33-20-5-3-2-4-6-20/h2-12,19H,13-17H2,1H3,(H,26,29)(H,27,30). The molecule has 1 aliphatic heterocycles. The Morgan fingerprint density at radius 1 is 0.971 bits per heavy atom. The average molecular weight is 498 g/mol. The summed E-state index contributed by atoms with van der Waals surface area (Å²) < 4.78 is 38.1. The summed E-state index contributed by atoms with van der Waals surface area (Å²) in [7, 11) is -3.60. The van der Waals surface area contributed by atoms with Gasteiger partial charge in [-0.3, -0.25) is 20.4 Å². The first-order chi connectivity index (χ1) is 16.8. The summed E-state index contributed by atoms with van der Waals surface area (Å²) in [6.45, 7) is 2.51. The number of piperidine rings is 1. The zero-order valence-electron chi connectivity index (χ0n) is 19.3. The van der Waals surface area contributed by atoms with E-state index in [0.29, 0.717) is 24.4 Å². The second kappa shape index (κ2) is 10.7. The van der Waals surface area contributed by atoms with E-state index in [-0.39, 0.29) is 36.3 Å². The highest BCUT2D eigenvalue weighted by Crippen LogP contribution is 2.24. The van der Waals surface area contributed by atoms with E-state index in [0.717, 1.165) is 5.56 Å². The molecule has 184 valence electrons. The maximum absolute atomic E-state index is 12.8. The molecule has 9 nitrogen and oxygen atoms in total. The van der Waals surface area contributed by atoms with Gasteiger partial charge in [0.1, 0.15) is 18.1 Å². The number of rotatable bonds is 7. The Kier molecular flexibility index (Phi) is 7.52. The molecule has 1 fully saturated rings. The number of carbonyl (C=O) groups excluding carboxylic acids is 2. The van der Waals surface area contributed by atoms with Crippen molar-refractivity contribution in [2.24, 2.45) is 5.92 Å². The van der Waals surface area contributed by atoms with Gasteiger partial charge in [-0.25, -0.2) is 8.42 Å². The van der Waals surface area contributed by atoms with E-state index in [4.69, 9.17) is 9.15 Å². The van der Waals surface area contributed by atoms with E-state index in [9.17, 15) is 18.0 Å². The Bertz CT molecular complexity index is 1260. The van der Waals surface area contributed by atoms with Crippen LogP contribution in [0.1, 0.15) is 34.7 Å². The Balaban J connectivity index is 1.23. The summed E-state index contributed by atoms with van der Waals surface area (Å²) in [5, 5.41) is 0. The third-order valence-electron chi connectivity index (χ3n) is 5.79. The van der Waals surface area contributed by atoms with Gasteiger partial charge in [0.2, 0.25) is 15.9 Å². The minimum atomic E-state index is -3.60. The van der Waals surface area contributed by atoms with E-state index >= 15 is 0 Å². The third kappa shape index (κ3) is 6.09. The van der Waals surface area contributed by atoms with Crippen LogP contribution < -0.4 is 15.6 Å². The number of hydrazine groups is 1. The van der Waals surface area contributed by atoms with Crippen LogP contribution in [-0.2, 0) is 21.4 Å². The second-order valence-electron chi connectivity index (χ2n) is 8.30. The smallest absolute Gasteiger partial charge is 0.305 e. The molecule has 0 atom stereocenters. The quantitative estimate of drug-likeness (QED) is 0.485. The number of benzene rings is 2. The van der Waals surface area contributed by atoms with Gasteiger partial charge in [-0.05, 0) is 56.2 Å². The Morgan fingerprint density at radius 3 is 2.34 bits per heavy atom. The van der Waals surface area contributed by atoms with Crippen molar-refractivity contribution in [1.82, 2.24) is 15.2 Å². The number of nitrogens with one attached hydrogen (secondary N) is 2. The lowest BCUT2D eigenvalue weighted by Crippen LogP contribution is -2.48. The predicted molar refractivity (Wildman–Crippen MR) is 128 cm³/mol. The first kappa shape index (κ1) is 24.5. The van der Waals surface area contributed by atoms with Gasteiger partial charge in [0.05, 0.1) is 4.90 Å². The number of ether oxygens (including phenoxy) is 1. The maximum Gasteiger partial charge on any atom is 0.305 e. The van der Waals surface area contributed by atoms with Crippen molar-refractivity contribution in [2.45, 2.75) is 31.3 Å². The monoisotopic (exact) mass is 497 g/mol. The van der Waals surface area contributed by atoms with Crippen molar-refractivity contribution in [1.29, 1.82) is 0 Å². The molecule has 35 heavy (non-hydrogen) atoms. The van der Waals surface area contributed by atoms with Crippen molar-refractivity contribution in [2.75, 3.05) is 13.1 Å². The molecule has 2 heterocycles. The minimum absolute atomic E-state index is 0.0379. The van der Waals surface area contributed by atoms with Gasteiger partial charge >= 0.3 is 5.91 Å². The number of aryl methyl sites for hydroxylation is 1. The molecule has 0 unspecified atom stereocenters. The zero-order valence-corrected chi connectivity index (χ0v) is 20.1. The van der Waals surface area contributed by atoms with Gasteiger partial charge in [-0.1, -0.05) is 35.9 Å².